The molecule has 1 rings (SSSR count). The summed E-state index contributed by atoms with van der Waals surface area (Å²) in [5.74, 6) is 0.815. The largest absolute Gasteiger partial charge is 0.491 e. The summed E-state index contributed by atoms with van der Waals surface area (Å²) in [6.45, 7) is 10.7. The number of hydrogen-bond acceptors (Lipinski definition) is 3. The van der Waals surface area contributed by atoms with Crippen LogP contribution >= 0.6 is 0 Å². The van der Waals surface area contributed by atoms with E-state index in [1.165, 1.54) is 11.1 Å². The first-order valence-electron chi connectivity index (χ1n) is 6.74. The number of benzene rings is 1. The molecule has 1 aromatic rings. The summed E-state index contributed by atoms with van der Waals surface area (Å²) in [6, 6.07) is 6.39. The van der Waals surface area contributed by atoms with E-state index in [0.29, 0.717) is 19.2 Å². The van der Waals surface area contributed by atoms with Crippen molar-refractivity contribution >= 4 is 0 Å². The first-order chi connectivity index (χ1) is 9.01. The number of rotatable bonds is 8. The normalized spacial score (nSPS) is 13.9. The summed E-state index contributed by atoms with van der Waals surface area (Å²) < 4.78 is 5.61. The Balaban J connectivity index is 2.33. The van der Waals surface area contributed by atoms with Crippen LogP contribution in [0.4, 0.5) is 0 Å². The zero-order valence-electron chi connectivity index (χ0n) is 12.1. The molecule has 0 heterocycles. The zero-order valence-corrected chi connectivity index (χ0v) is 12.1. The van der Waals surface area contributed by atoms with Crippen molar-refractivity contribution in [1.82, 2.24) is 5.32 Å². The van der Waals surface area contributed by atoms with Gasteiger partial charge in [0.2, 0.25) is 0 Å². The molecule has 3 nitrogen and oxygen atoms in total. The Morgan fingerprint density at radius 2 is 1.95 bits per heavy atom. The molecule has 3 heteroatoms. The fraction of sp³-hybridized carbons (Fsp3) is 0.500. The van der Waals surface area contributed by atoms with Crippen LogP contribution in [0.25, 0.3) is 0 Å². The molecule has 0 saturated heterocycles. The van der Waals surface area contributed by atoms with Gasteiger partial charge >= 0.3 is 0 Å². The van der Waals surface area contributed by atoms with E-state index in [0.717, 1.165) is 12.2 Å². The standard InChI is InChI=1S/C16H25NO2/c1-5-6-14(4)17-10-15(18)11-19-16-8-12(2)7-13(3)9-16/h5,7-9,14-15,17-18H,1,6,10-11H2,2-4H3. The number of nitrogens with one attached hydrogen (secondary N) is 1. The molecule has 19 heavy (non-hydrogen) atoms. The summed E-state index contributed by atoms with van der Waals surface area (Å²) in [5.41, 5.74) is 2.34. The van der Waals surface area contributed by atoms with Crippen LogP contribution in [0.1, 0.15) is 24.5 Å². The molecular weight excluding hydrogens is 238 g/mol. The predicted molar refractivity (Wildman–Crippen MR) is 79.7 cm³/mol. The molecule has 0 aromatic heterocycles. The fourth-order valence-corrected chi connectivity index (χ4v) is 1.94. The van der Waals surface area contributed by atoms with Crippen LogP contribution in [0.15, 0.2) is 30.9 Å². The lowest BCUT2D eigenvalue weighted by Crippen LogP contribution is -2.36. The van der Waals surface area contributed by atoms with Gasteiger partial charge in [0.05, 0.1) is 0 Å². The van der Waals surface area contributed by atoms with Crippen LogP contribution in [0.5, 0.6) is 5.75 Å². The fourth-order valence-electron chi connectivity index (χ4n) is 1.94. The molecule has 0 saturated carbocycles. The Morgan fingerprint density at radius 1 is 1.32 bits per heavy atom. The minimum absolute atomic E-state index is 0.302. The van der Waals surface area contributed by atoms with E-state index < -0.39 is 6.10 Å². The van der Waals surface area contributed by atoms with Crippen LogP contribution in [0.2, 0.25) is 0 Å². The smallest absolute Gasteiger partial charge is 0.119 e. The minimum Gasteiger partial charge on any atom is -0.491 e. The van der Waals surface area contributed by atoms with Crippen LogP contribution in [-0.2, 0) is 0 Å². The van der Waals surface area contributed by atoms with Gasteiger partial charge in [-0.2, -0.15) is 0 Å². The van der Waals surface area contributed by atoms with Crippen molar-refractivity contribution in [1.29, 1.82) is 0 Å². The Labute approximate surface area is 116 Å². The van der Waals surface area contributed by atoms with Gasteiger partial charge in [-0.25, -0.2) is 0 Å². The third kappa shape index (κ3) is 6.41. The molecule has 106 valence electrons. The van der Waals surface area contributed by atoms with Gasteiger partial charge in [0.15, 0.2) is 0 Å². The maximum Gasteiger partial charge on any atom is 0.119 e. The molecule has 0 radical (unpaired) electrons. The number of aliphatic hydroxyl groups excluding tert-OH is 1. The molecule has 0 fully saturated rings. The topological polar surface area (TPSA) is 41.5 Å². The van der Waals surface area contributed by atoms with E-state index in [2.05, 4.69) is 24.9 Å². The summed E-state index contributed by atoms with van der Waals surface area (Å²) in [7, 11) is 0. The Kier molecular flexibility index (Phi) is 6.60. The number of aryl methyl sites for hydroxylation is 2. The first-order valence-corrected chi connectivity index (χ1v) is 6.74. The highest BCUT2D eigenvalue weighted by molar-refractivity contribution is 5.32. The van der Waals surface area contributed by atoms with Crippen LogP contribution in [-0.4, -0.2) is 30.4 Å². The highest BCUT2D eigenvalue weighted by Crippen LogP contribution is 2.16. The quantitative estimate of drug-likeness (QED) is 0.708. The van der Waals surface area contributed by atoms with Crippen molar-refractivity contribution in [2.24, 2.45) is 0 Å². The molecule has 2 unspecified atom stereocenters. The summed E-state index contributed by atoms with van der Waals surface area (Å²) in [6.07, 6.45) is 2.26. The molecule has 0 spiro atoms. The third-order valence-electron chi connectivity index (χ3n) is 2.86. The van der Waals surface area contributed by atoms with Gasteiger partial charge in [-0.05, 0) is 50.5 Å². The molecule has 2 atom stereocenters. The van der Waals surface area contributed by atoms with E-state index >= 15 is 0 Å². The van der Waals surface area contributed by atoms with E-state index in [-0.39, 0.29) is 0 Å². The summed E-state index contributed by atoms with van der Waals surface area (Å²) in [5, 5.41) is 13.1. The number of hydrogen-bond donors (Lipinski definition) is 2. The van der Waals surface area contributed by atoms with Crippen molar-refractivity contribution in [3.63, 3.8) is 0 Å². The minimum atomic E-state index is -0.506. The van der Waals surface area contributed by atoms with Gasteiger partial charge in [-0.3, -0.25) is 0 Å². The number of ether oxygens (including phenoxy) is 1. The third-order valence-corrected chi connectivity index (χ3v) is 2.86. The average molecular weight is 263 g/mol. The maximum atomic E-state index is 9.85. The van der Waals surface area contributed by atoms with E-state index in [9.17, 15) is 5.11 Å². The average Bonchev–Trinajstić information content (AvgIpc) is 2.33. The lowest BCUT2D eigenvalue weighted by Gasteiger charge is -2.17. The Morgan fingerprint density at radius 3 is 2.53 bits per heavy atom. The van der Waals surface area contributed by atoms with Gasteiger partial charge < -0.3 is 15.2 Å². The molecule has 2 N–H and O–H groups in total. The lowest BCUT2D eigenvalue weighted by molar-refractivity contribution is 0.104. The first kappa shape index (κ1) is 15.7. The molecule has 0 amide bonds. The lowest BCUT2D eigenvalue weighted by atomic mass is 10.1. The Bertz CT molecular complexity index is 383. The van der Waals surface area contributed by atoms with E-state index in [1.807, 2.05) is 32.1 Å². The second-order valence-electron chi connectivity index (χ2n) is 5.12. The number of aliphatic hydroxyl groups is 1. The monoisotopic (exact) mass is 263 g/mol. The van der Waals surface area contributed by atoms with Crippen molar-refractivity contribution in [3.05, 3.63) is 42.0 Å². The van der Waals surface area contributed by atoms with Gasteiger partial charge in [0, 0.05) is 12.6 Å². The highest BCUT2D eigenvalue weighted by atomic mass is 16.5. The van der Waals surface area contributed by atoms with Crippen molar-refractivity contribution < 1.29 is 9.84 Å². The van der Waals surface area contributed by atoms with Crippen LogP contribution in [0, 0.1) is 13.8 Å². The summed E-state index contributed by atoms with van der Waals surface area (Å²) >= 11 is 0. The molecule has 1 aromatic carbocycles. The van der Waals surface area contributed by atoms with Gasteiger partial charge in [0.25, 0.3) is 0 Å². The van der Waals surface area contributed by atoms with Crippen LogP contribution in [0.3, 0.4) is 0 Å². The highest BCUT2D eigenvalue weighted by Gasteiger charge is 2.07. The second-order valence-corrected chi connectivity index (χ2v) is 5.12. The van der Waals surface area contributed by atoms with Crippen molar-refractivity contribution in [2.45, 2.75) is 39.3 Å². The van der Waals surface area contributed by atoms with E-state index in [4.69, 9.17) is 4.74 Å². The van der Waals surface area contributed by atoms with Gasteiger partial charge in [-0.15, -0.1) is 6.58 Å². The molecule has 0 aliphatic heterocycles. The van der Waals surface area contributed by atoms with Crippen molar-refractivity contribution in [3.8, 4) is 5.75 Å². The van der Waals surface area contributed by atoms with Gasteiger partial charge in [-0.1, -0.05) is 12.1 Å². The zero-order chi connectivity index (χ0) is 14.3. The SMILES string of the molecule is C=CCC(C)NCC(O)COc1cc(C)cc(C)c1. The molecule has 0 bridgehead atoms. The summed E-state index contributed by atoms with van der Waals surface area (Å²) in [4.78, 5) is 0. The molecular formula is C16H25NO2. The van der Waals surface area contributed by atoms with Crippen molar-refractivity contribution in [2.75, 3.05) is 13.2 Å². The Hall–Kier alpha value is -1.32. The predicted octanol–water partition coefficient (Wildman–Crippen LogP) is 2.60. The van der Waals surface area contributed by atoms with Gasteiger partial charge in [0.1, 0.15) is 18.5 Å². The van der Waals surface area contributed by atoms with Crippen LogP contribution < -0.4 is 10.1 Å². The molecule has 0 aliphatic rings. The second kappa shape index (κ2) is 7.97. The van der Waals surface area contributed by atoms with E-state index in [1.54, 1.807) is 0 Å². The molecule has 0 aliphatic carbocycles. The maximum absolute atomic E-state index is 9.85.